The molecule has 0 amide bonds. The third-order valence-electron chi connectivity index (χ3n) is 2.72. The Labute approximate surface area is 89.0 Å². The monoisotopic (exact) mass is 214 g/mol. The van der Waals surface area contributed by atoms with Gasteiger partial charge in [-0.05, 0) is 18.8 Å². The minimum Gasteiger partial charge on any atom is -0.381 e. The smallest absolute Gasteiger partial charge is 0.123 e. The van der Waals surface area contributed by atoms with E-state index < -0.39 is 0 Å². The first-order valence-electron chi connectivity index (χ1n) is 5.04. The molecule has 0 unspecified atom stereocenters. The molecular formula is C10H15ClN2O. The molecule has 0 spiro atoms. The third-order valence-corrected chi connectivity index (χ3v) is 2.96. The maximum atomic E-state index is 5.78. The largest absolute Gasteiger partial charge is 0.381 e. The van der Waals surface area contributed by atoms with Crippen LogP contribution >= 0.6 is 11.6 Å². The molecule has 2 heterocycles. The number of halogens is 1. The van der Waals surface area contributed by atoms with Gasteiger partial charge in [0.05, 0.1) is 5.88 Å². The van der Waals surface area contributed by atoms with E-state index in [2.05, 4.69) is 9.55 Å². The Morgan fingerprint density at radius 2 is 2.29 bits per heavy atom. The first-order chi connectivity index (χ1) is 6.90. The number of ether oxygens (including phenoxy) is 1. The number of aromatic nitrogens is 2. The van der Waals surface area contributed by atoms with Crippen LogP contribution in [0.5, 0.6) is 0 Å². The van der Waals surface area contributed by atoms with Crippen LogP contribution in [0.15, 0.2) is 12.4 Å². The molecule has 4 heteroatoms. The summed E-state index contributed by atoms with van der Waals surface area (Å²) in [7, 11) is 0. The van der Waals surface area contributed by atoms with Gasteiger partial charge in [-0.2, -0.15) is 0 Å². The van der Waals surface area contributed by atoms with Crippen molar-refractivity contribution in [1.82, 2.24) is 9.55 Å². The van der Waals surface area contributed by atoms with Crippen molar-refractivity contribution in [1.29, 1.82) is 0 Å². The van der Waals surface area contributed by atoms with E-state index in [4.69, 9.17) is 16.3 Å². The van der Waals surface area contributed by atoms with Crippen LogP contribution in [0.2, 0.25) is 0 Å². The van der Waals surface area contributed by atoms with E-state index in [1.54, 1.807) is 0 Å². The molecular weight excluding hydrogens is 200 g/mol. The molecule has 1 fully saturated rings. The molecule has 1 aliphatic rings. The molecule has 0 aliphatic carbocycles. The average molecular weight is 215 g/mol. The second-order valence-electron chi connectivity index (χ2n) is 3.69. The first-order valence-corrected chi connectivity index (χ1v) is 5.57. The number of imidazole rings is 1. The molecule has 3 nitrogen and oxygen atoms in total. The minimum atomic E-state index is 0.496. The highest BCUT2D eigenvalue weighted by Crippen LogP contribution is 2.17. The molecule has 0 radical (unpaired) electrons. The van der Waals surface area contributed by atoms with Gasteiger partial charge in [0.15, 0.2) is 0 Å². The Balaban J connectivity index is 1.95. The Hall–Kier alpha value is -0.540. The predicted octanol–water partition coefficient (Wildman–Crippen LogP) is 2.05. The molecule has 2 rings (SSSR count). The lowest BCUT2D eigenvalue weighted by atomic mass is 10.0. The maximum Gasteiger partial charge on any atom is 0.123 e. The maximum absolute atomic E-state index is 5.78. The predicted molar refractivity (Wildman–Crippen MR) is 55.3 cm³/mol. The summed E-state index contributed by atoms with van der Waals surface area (Å²) in [5.74, 6) is 2.19. The summed E-state index contributed by atoms with van der Waals surface area (Å²) < 4.78 is 7.48. The molecule has 0 bridgehead atoms. The lowest BCUT2D eigenvalue weighted by molar-refractivity contribution is 0.0610. The number of hydrogen-bond acceptors (Lipinski definition) is 2. The van der Waals surface area contributed by atoms with Crippen molar-refractivity contribution in [2.45, 2.75) is 25.3 Å². The highest BCUT2D eigenvalue weighted by Gasteiger charge is 2.15. The van der Waals surface area contributed by atoms with Gasteiger partial charge in [0.1, 0.15) is 5.82 Å². The first kappa shape index (κ1) is 9.99. The second-order valence-corrected chi connectivity index (χ2v) is 3.95. The summed E-state index contributed by atoms with van der Waals surface area (Å²) in [6.07, 6.45) is 6.13. The van der Waals surface area contributed by atoms with Crippen molar-refractivity contribution in [3.63, 3.8) is 0 Å². The number of alkyl halides is 1. The van der Waals surface area contributed by atoms with E-state index in [-0.39, 0.29) is 0 Å². The number of nitrogens with zero attached hydrogens (tertiary/aromatic N) is 2. The molecule has 14 heavy (non-hydrogen) atoms. The standard InChI is InChI=1S/C10H15ClN2O/c11-7-10-12-3-4-13(10)8-9-1-5-14-6-2-9/h3-4,9H,1-2,5-8H2. The Kier molecular flexibility index (Phi) is 3.43. The van der Waals surface area contributed by atoms with Gasteiger partial charge in [-0.1, -0.05) is 0 Å². The van der Waals surface area contributed by atoms with Gasteiger partial charge in [0, 0.05) is 32.2 Å². The van der Waals surface area contributed by atoms with Crippen molar-refractivity contribution < 1.29 is 4.74 Å². The lowest BCUT2D eigenvalue weighted by Crippen LogP contribution is -2.20. The second kappa shape index (κ2) is 4.80. The summed E-state index contributed by atoms with van der Waals surface area (Å²) in [6.45, 7) is 2.83. The van der Waals surface area contributed by atoms with Gasteiger partial charge in [-0.25, -0.2) is 4.98 Å². The van der Waals surface area contributed by atoms with Crippen molar-refractivity contribution in [3.8, 4) is 0 Å². The van der Waals surface area contributed by atoms with Gasteiger partial charge in [-0.3, -0.25) is 0 Å². The van der Waals surface area contributed by atoms with Gasteiger partial charge in [0.25, 0.3) is 0 Å². The van der Waals surface area contributed by atoms with E-state index >= 15 is 0 Å². The molecule has 1 aromatic heterocycles. The average Bonchev–Trinajstić information content (AvgIpc) is 2.67. The fourth-order valence-electron chi connectivity index (χ4n) is 1.84. The van der Waals surface area contributed by atoms with Crippen LogP contribution in [0.3, 0.4) is 0 Å². The van der Waals surface area contributed by atoms with Gasteiger partial charge >= 0.3 is 0 Å². The molecule has 1 aliphatic heterocycles. The van der Waals surface area contributed by atoms with Crippen molar-refractivity contribution in [3.05, 3.63) is 18.2 Å². The summed E-state index contributed by atoms with van der Waals surface area (Å²) in [5, 5.41) is 0. The van der Waals surface area contributed by atoms with Crippen LogP contribution in [0.1, 0.15) is 18.7 Å². The lowest BCUT2D eigenvalue weighted by Gasteiger charge is -2.22. The molecule has 0 N–H and O–H groups in total. The van der Waals surface area contributed by atoms with Crippen LogP contribution in [0, 0.1) is 5.92 Å². The topological polar surface area (TPSA) is 27.1 Å². The summed E-state index contributed by atoms with van der Waals surface area (Å²) in [4.78, 5) is 4.20. The van der Waals surface area contributed by atoms with Crippen LogP contribution < -0.4 is 0 Å². The normalized spacial score (nSPS) is 18.6. The molecule has 0 saturated carbocycles. The third kappa shape index (κ3) is 2.28. The van der Waals surface area contributed by atoms with Gasteiger partial charge in [0.2, 0.25) is 0 Å². The Morgan fingerprint density at radius 1 is 1.50 bits per heavy atom. The van der Waals surface area contributed by atoms with E-state index in [9.17, 15) is 0 Å². The SMILES string of the molecule is ClCc1nccn1CC1CCOCC1. The highest BCUT2D eigenvalue weighted by atomic mass is 35.5. The molecule has 1 aromatic rings. The summed E-state index contributed by atoms with van der Waals surface area (Å²) in [6, 6.07) is 0. The van der Waals surface area contributed by atoms with Crippen molar-refractivity contribution in [2.75, 3.05) is 13.2 Å². The van der Waals surface area contributed by atoms with E-state index in [0.717, 1.165) is 44.3 Å². The van der Waals surface area contributed by atoms with Crippen LogP contribution in [-0.2, 0) is 17.2 Å². The van der Waals surface area contributed by atoms with Gasteiger partial charge < -0.3 is 9.30 Å². The van der Waals surface area contributed by atoms with Gasteiger partial charge in [-0.15, -0.1) is 11.6 Å². The molecule has 0 atom stereocenters. The van der Waals surface area contributed by atoms with Crippen molar-refractivity contribution >= 4 is 11.6 Å². The highest BCUT2D eigenvalue weighted by molar-refractivity contribution is 6.16. The zero-order valence-electron chi connectivity index (χ0n) is 8.16. The zero-order chi connectivity index (χ0) is 9.80. The van der Waals surface area contributed by atoms with E-state index in [1.165, 1.54) is 0 Å². The van der Waals surface area contributed by atoms with Crippen LogP contribution in [0.25, 0.3) is 0 Å². The summed E-state index contributed by atoms with van der Waals surface area (Å²) >= 11 is 5.78. The van der Waals surface area contributed by atoms with Crippen LogP contribution in [-0.4, -0.2) is 22.8 Å². The fourth-order valence-corrected chi connectivity index (χ4v) is 2.07. The van der Waals surface area contributed by atoms with E-state index in [1.807, 2.05) is 12.4 Å². The molecule has 1 saturated heterocycles. The molecule has 78 valence electrons. The van der Waals surface area contributed by atoms with Crippen molar-refractivity contribution in [2.24, 2.45) is 5.92 Å². The van der Waals surface area contributed by atoms with Crippen LogP contribution in [0.4, 0.5) is 0 Å². The molecule has 0 aromatic carbocycles. The summed E-state index contributed by atoms with van der Waals surface area (Å²) in [5.41, 5.74) is 0. The quantitative estimate of drug-likeness (QED) is 0.721. The number of rotatable bonds is 3. The number of hydrogen-bond donors (Lipinski definition) is 0. The fraction of sp³-hybridized carbons (Fsp3) is 0.700. The minimum absolute atomic E-state index is 0.496. The Bertz CT molecular complexity index is 281. The Morgan fingerprint density at radius 3 is 3.00 bits per heavy atom. The zero-order valence-corrected chi connectivity index (χ0v) is 8.91. The van der Waals surface area contributed by atoms with E-state index in [0.29, 0.717) is 5.88 Å².